The molecule has 0 saturated carbocycles. The van der Waals surface area contributed by atoms with E-state index < -0.39 is 0 Å². The average Bonchev–Trinajstić information content (AvgIpc) is 2.47. The van der Waals surface area contributed by atoms with E-state index in [0.717, 1.165) is 25.8 Å². The molecule has 0 heterocycles. The zero-order chi connectivity index (χ0) is 14.4. The van der Waals surface area contributed by atoms with E-state index in [1.54, 1.807) is 6.21 Å². The molecule has 0 unspecified atom stereocenters. The molecule has 0 atom stereocenters. The molecule has 0 radical (unpaired) electrons. The maximum atomic E-state index is 5.89. The van der Waals surface area contributed by atoms with Crippen LogP contribution < -0.4 is 10.5 Å². The zero-order valence-corrected chi connectivity index (χ0v) is 13.9. The van der Waals surface area contributed by atoms with Crippen molar-refractivity contribution >= 4 is 38.1 Å². The molecule has 0 fully saturated rings. The summed E-state index contributed by atoms with van der Waals surface area (Å²) in [5.41, 5.74) is 7.43. The molecule has 5 heteroatoms. The molecule has 0 aliphatic rings. The number of rotatable bonds is 5. The maximum absolute atomic E-state index is 5.89. The smallest absolute Gasteiger partial charge is 0.148 e. The Labute approximate surface area is 135 Å². The van der Waals surface area contributed by atoms with Crippen LogP contribution in [0.4, 0.5) is 0 Å². The Morgan fingerprint density at radius 1 is 1.10 bits per heavy atom. The van der Waals surface area contributed by atoms with Gasteiger partial charge in [-0.3, -0.25) is 4.99 Å². The van der Waals surface area contributed by atoms with Gasteiger partial charge in [-0.15, -0.1) is 0 Å². The van der Waals surface area contributed by atoms with E-state index in [0.29, 0.717) is 6.61 Å². The number of hydrogen-bond donors (Lipinski definition) is 1. The molecule has 2 aromatic rings. The Morgan fingerprint density at radius 2 is 1.85 bits per heavy atom. The van der Waals surface area contributed by atoms with Crippen molar-refractivity contribution in [3.8, 4) is 5.75 Å². The van der Waals surface area contributed by atoms with Gasteiger partial charge < -0.3 is 10.5 Å². The molecule has 0 spiro atoms. The lowest BCUT2D eigenvalue weighted by molar-refractivity contribution is 0.302. The standard InChI is InChI=1S/C15H14Br2N2O/c16-13-7-6-12(8-19-10-18)14(17)15(13)20-9-11-4-2-1-3-5-11/h1-8H,9-10,18H2. The molecule has 2 N–H and O–H groups in total. The van der Waals surface area contributed by atoms with Crippen LogP contribution in [0.1, 0.15) is 11.1 Å². The first-order valence-corrected chi connectivity index (χ1v) is 7.65. The molecule has 20 heavy (non-hydrogen) atoms. The fraction of sp³-hybridized carbons (Fsp3) is 0.133. The van der Waals surface area contributed by atoms with E-state index in [2.05, 4.69) is 36.9 Å². The van der Waals surface area contributed by atoms with Gasteiger partial charge in [-0.05, 0) is 43.5 Å². The summed E-state index contributed by atoms with van der Waals surface area (Å²) in [6, 6.07) is 13.9. The monoisotopic (exact) mass is 396 g/mol. The third-order valence-electron chi connectivity index (χ3n) is 2.64. The Hall–Kier alpha value is -1.17. The van der Waals surface area contributed by atoms with Crippen LogP contribution in [0, 0.1) is 0 Å². The van der Waals surface area contributed by atoms with Gasteiger partial charge in [0.25, 0.3) is 0 Å². The second-order valence-corrected chi connectivity index (χ2v) is 5.70. The normalized spacial score (nSPS) is 10.9. The predicted molar refractivity (Wildman–Crippen MR) is 89.3 cm³/mol. The van der Waals surface area contributed by atoms with Crippen molar-refractivity contribution in [2.24, 2.45) is 10.7 Å². The van der Waals surface area contributed by atoms with Crippen LogP contribution >= 0.6 is 31.9 Å². The highest BCUT2D eigenvalue weighted by molar-refractivity contribution is 9.11. The molecule has 0 aliphatic carbocycles. The number of nitrogens with two attached hydrogens (primary N) is 1. The van der Waals surface area contributed by atoms with Gasteiger partial charge >= 0.3 is 0 Å². The Bertz CT molecular complexity index is 600. The fourth-order valence-corrected chi connectivity index (χ4v) is 2.93. The van der Waals surface area contributed by atoms with Crippen LogP contribution in [-0.4, -0.2) is 12.9 Å². The lowest BCUT2D eigenvalue weighted by Crippen LogP contribution is -1.99. The SMILES string of the molecule is NCN=Cc1ccc(Br)c(OCc2ccccc2)c1Br. The molecule has 0 bridgehead atoms. The van der Waals surface area contributed by atoms with Crippen molar-refractivity contribution in [3.05, 3.63) is 62.5 Å². The zero-order valence-electron chi connectivity index (χ0n) is 10.7. The lowest BCUT2D eigenvalue weighted by atomic mass is 10.2. The van der Waals surface area contributed by atoms with E-state index in [1.165, 1.54) is 0 Å². The van der Waals surface area contributed by atoms with Gasteiger partial charge in [-0.1, -0.05) is 36.4 Å². The summed E-state index contributed by atoms with van der Waals surface area (Å²) in [5, 5.41) is 0. The average molecular weight is 398 g/mol. The summed E-state index contributed by atoms with van der Waals surface area (Å²) in [5.74, 6) is 0.759. The molecular formula is C15H14Br2N2O. The number of halogens is 2. The first-order valence-electron chi connectivity index (χ1n) is 6.07. The number of hydrogen-bond acceptors (Lipinski definition) is 3. The Kier molecular flexibility index (Phi) is 5.76. The van der Waals surface area contributed by atoms with Crippen LogP contribution in [0.25, 0.3) is 0 Å². The van der Waals surface area contributed by atoms with E-state index in [-0.39, 0.29) is 6.67 Å². The molecular weight excluding hydrogens is 384 g/mol. The number of ether oxygens (including phenoxy) is 1. The predicted octanol–water partition coefficient (Wildman–Crippen LogP) is 4.13. The van der Waals surface area contributed by atoms with Crippen LogP contribution in [0.2, 0.25) is 0 Å². The fourth-order valence-electron chi connectivity index (χ4n) is 1.66. The van der Waals surface area contributed by atoms with Gasteiger partial charge in [0.1, 0.15) is 12.4 Å². The van der Waals surface area contributed by atoms with Gasteiger partial charge in [0.2, 0.25) is 0 Å². The van der Waals surface area contributed by atoms with E-state index in [1.807, 2.05) is 42.5 Å². The molecule has 0 amide bonds. The van der Waals surface area contributed by atoms with Crippen molar-refractivity contribution in [2.75, 3.05) is 6.67 Å². The summed E-state index contributed by atoms with van der Waals surface area (Å²) in [6.07, 6.45) is 1.73. The molecule has 3 nitrogen and oxygen atoms in total. The van der Waals surface area contributed by atoms with Crippen LogP contribution in [0.5, 0.6) is 5.75 Å². The second-order valence-electron chi connectivity index (χ2n) is 4.05. The van der Waals surface area contributed by atoms with Gasteiger partial charge in [0.15, 0.2) is 0 Å². The second kappa shape index (κ2) is 7.57. The van der Waals surface area contributed by atoms with Gasteiger partial charge in [-0.2, -0.15) is 0 Å². The molecule has 104 valence electrons. The summed E-state index contributed by atoms with van der Waals surface area (Å²) in [4.78, 5) is 4.04. The highest BCUT2D eigenvalue weighted by atomic mass is 79.9. The molecule has 0 saturated heterocycles. The molecule has 2 rings (SSSR count). The minimum absolute atomic E-state index is 0.267. The maximum Gasteiger partial charge on any atom is 0.148 e. The van der Waals surface area contributed by atoms with Crippen molar-refractivity contribution in [2.45, 2.75) is 6.61 Å². The number of nitrogens with zero attached hydrogens (tertiary/aromatic N) is 1. The van der Waals surface area contributed by atoms with Crippen molar-refractivity contribution in [3.63, 3.8) is 0 Å². The topological polar surface area (TPSA) is 47.6 Å². The first kappa shape index (κ1) is 15.2. The summed E-state index contributed by atoms with van der Waals surface area (Å²) in [6.45, 7) is 0.776. The molecule has 0 aromatic heterocycles. The minimum Gasteiger partial charge on any atom is -0.487 e. The lowest BCUT2D eigenvalue weighted by Gasteiger charge is -2.12. The first-order chi connectivity index (χ1) is 9.72. The third kappa shape index (κ3) is 3.91. The van der Waals surface area contributed by atoms with Gasteiger partial charge in [0.05, 0.1) is 15.6 Å². The number of benzene rings is 2. The number of aliphatic imine (C=N–C) groups is 1. The largest absolute Gasteiger partial charge is 0.487 e. The van der Waals surface area contributed by atoms with Crippen molar-refractivity contribution in [1.29, 1.82) is 0 Å². The van der Waals surface area contributed by atoms with E-state index in [9.17, 15) is 0 Å². The molecule has 0 aliphatic heterocycles. The van der Waals surface area contributed by atoms with Crippen LogP contribution in [-0.2, 0) is 6.61 Å². The highest BCUT2D eigenvalue weighted by Gasteiger charge is 2.10. The van der Waals surface area contributed by atoms with Crippen molar-refractivity contribution in [1.82, 2.24) is 0 Å². The highest BCUT2D eigenvalue weighted by Crippen LogP contribution is 2.36. The summed E-state index contributed by atoms with van der Waals surface area (Å²) >= 11 is 7.05. The van der Waals surface area contributed by atoms with E-state index in [4.69, 9.17) is 10.5 Å². The molecule has 2 aromatic carbocycles. The van der Waals surface area contributed by atoms with Gasteiger partial charge in [-0.25, -0.2) is 0 Å². The van der Waals surface area contributed by atoms with Crippen LogP contribution in [0.15, 0.2) is 56.4 Å². The Balaban J connectivity index is 2.20. The van der Waals surface area contributed by atoms with E-state index >= 15 is 0 Å². The quantitative estimate of drug-likeness (QED) is 0.771. The van der Waals surface area contributed by atoms with Crippen LogP contribution in [0.3, 0.4) is 0 Å². The Morgan fingerprint density at radius 3 is 2.55 bits per heavy atom. The summed E-state index contributed by atoms with van der Waals surface area (Å²) in [7, 11) is 0. The third-order valence-corrected chi connectivity index (χ3v) is 4.08. The summed E-state index contributed by atoms with van der Waals surface area (Å²) < 4.78 is 7.64. The minimum atomic E-state index is 0.267. The van der Waals surface area contributed by atoms with Gasteiger partial charge in [0, 0.05) is 11.8 Å². The van der Waals surface area contributed by atoms with Crippen molar-refractivity contribution < 1.29 is 4.74 Å².